The van der Waals surface area contributed by atoms with E-state index in [1.807, 2.05) is 49.4 Å². The number of aryl methyl sites for hydroxylation is 1. The van der Waals surface area contributed by atoms with E-state index in [-0.39, 0.29) is 0 Å². The van der Waals surface area contributed by atoms with Crippen LogP contribution in [-0.2, 0) is 22.6 Å². The van der Waals surface area contributed by atoms with Crippen molar-refractivity contribution in [3.05, 3.63) is 89.5 Å². The number of rotatable bonds is 8. The highest BCUT2D eigenvalue weighted by Crippen LogP contribution is 2.28. The second-order valence-electron chi connectivity index (χ2n) is 6.85. The predicted molar refractivity (Wildman–Crippen MR) is 124 cm³/mol. The van der Waals surface area contributed by atoms with Gasteiger partial charge in [0.25, 0.3) is 0 Å². The average molecular weight is 431 g/mol. The van der Waals surface area contributed by atoms with E-state index in [9.17, 15) is 9.59 Å². The third-order valence-electron chi connectivity index (χ3n) is 4.66. The SMILES string of the molecule is CCc1ccccc1NC(=O)C(=O)N/N=C\c1ccc(OCc2ccccc2)c(OC)c1. The van der Waals surface area contributed by atoms with Gasteiger partial charge in [-0.25, -0.2) is 5.43 Å². The van der Waals surface area contributed by atoms with E-state index in [0.717, 1.165) is 17.5 Å². The Hall–Kier alpha value is -4.13. The number of carbonyl (C=O) groups is 2. The minimum absolute atomic E-state index is 0.414. The van der Waals surface area contributed by atoms with Gasteiger partial charge < -0.3 is 14.8 Å². The van der Waals surface area contributed by atoms with E-state index >= 15 is 0 Å². The summed E-state index contributed by atoms with van der Waals surface area (Å²) in [6.07, 6.45) is 2.16. The van der Waals surface area contributed by atoms with Gasteiger partial charge in [0.2, 0.25) is 0 Å². The average Bonchev–Trinajstić information content (AvgIpc) is 2.83. The molecule has 0 radical (unpaired) electrons. The molecule has 0 unspecified atom stereocenters. The Morgan fingerprint density at radius 2 is 1.69 bits per heavy atom. The van der Waals surface area contributed by atoms with E-state index in [1.54, 1.807) is 37.4 Å². The lowest BCUT2D eigenvalue weighted by atomic mass is 10.1. The van der Waals surface area contributed by atoms with Crippen LogP contribution in [-0.4, -0.2) is 25.1 Å². The zero-order chi connectivity index (χ0) is 22.8. The number of amides is 2. The second kappa shape index (κ2) is 11.3. The first-order valence-corrected chi connectivity index (χ1v) is 10.2. The summed E-state index contributed by atoms with van der Waals surface area (Å²) >= 11 is 0. The smallest absolute Gasteiger partial charge is 0.329 e. The molecule has 0 aliphatic carbocycles. The number of benzene rings is 3. The zero-order valence-electron chi connectivity index (χ0n) is 18.0. The third kappa shape index (κ3) is 6.18. The van der Waals surface area contributed by atoms with Crippen molar-refractivity contribution >= 4 is 23.7 Å². The van der Waals surface area contributed by atoms with Crippen molar-refractivity contribution < 1.29 is 19.1 Å². The summed E-state index contributed by atoms with van der Waals surface area (Å²) in [5.41, 5.74) is 5.50. The van der Waals surface area contributed by atoms with Crippen molar-refractivity contribution in [2.24, 2.45) is 5.10 Å². The van der Waals surface area contributed by atoms with E-state index in [1.165, 1.54) is 6.21 Å². The molecule has 3 rings (SSSR count). The van der Waals surface area contributed by atoms with Crippen LogP contribution in [0.15, 0.2) is 77.9 Å². The number of hydrogen-bond acceptors (Lipinski definition) is 5. The Labute approximate surface area is 187 Å². The summed E-state index contributed by atoms with van der Waals surface area (Å²) in [4.78, 5) is 24.2. The first-order chi connectivity index (χ1) is 15.6. The number of hydrogen-bond donors (Lipinski definition) is 2. The van der Waals surface area contributed by atoms with Gasteiger partial charge in [-0.2, -0.15) is 5.10 Å². The van der Waals surface area contributed by atoms with E-state index in [4.69, 9.17) is 9.47 Å². The lowest BCUT2D eigenvalue weighted by molar-refractivity contribution is -0.136. The van der Waals surface area contributed by atoms with Crippen LogP contribution in [0.3, 0.4) is 0 Å². The maximum absolute atomic E-state index is 12.1. The fraction of sp³-hybridized carbons (Fsp3) is 0.160. The van der Waals surface area contributed by atoms with Crippen molar-refractivity contribution in [1.29, 1.82) is 0 Å². The summed E-state index contributed by atoms with van der Waals surface area (Å²) in [7, 11) is 1.55. The summed E-state index contributed by atoms with van der Waals surface area (Å²) in [5, 5.41) is 6.47. The van der Waals surface area contributed by atoms with Gasteiger partial charge in [0, 0.05) is 5.69 Å². The Morgan fingerprint density at radius 3 is 2.44 bits per heavy atom. The molecule has 7 nitrogen and oxygen atoms in total. The molecule has 2 amide bonds. The zero-order valence-corrected chi connectivity index (χ0v) is 18.0. The number of nitrogens with zero attached hydrogens (tertiary/aromatic N) is 1. The molecule has 2 N–H and O–H groups in total. The summed E-state index contributed by atoms with van der Waals surface area (Å²) in [6.45, 7) is 2.39. The highest BCUT2D eigenvalue weighted by atomic mass is 16.5. The quantitative estimate of drug-likeness (QED) is 0.321. The Balaban J connectivity index is 1.57. The molecule has 3 aromatic carbocycles. The molecule has 0 aromatic heterocycles. The predicted octanol–water partition coefficient (Wildman–Crippen LogP) is 3.93. The van der Waals surface area contributed by atoms with Crippen LogP contribution >= 0.6 is 0 Å². The van der Waals surface area contributed by atoms with Crippen molar-refractivity contribution in [2.75, 3.05) is 12.4 Å². The monoisotopic (exact) mass is 431 g/mol. The molecule has 3 aromatic rings. The number of anilines is 1. The molecular formula is C25H25N3O4. The molecule has 0 aliphatic rings. The second-order valence-corrected chi connectivity index (χ2v) is 6.85. The topological polar surface area (TPSA) is 89.0 Å². The van der Waals surface area contributed by atoms with Crippen LogP contribution < -0.4 is 20.2 Å². The van der Waals surface area contributed by atoms with Crippen molar-refractivity contribution in [2.45, 2.75) is 20.0 Å². The van der Waals surface area contributed by atoms with Gasteiger partial charge >= 0.3 is 11.8 Å². The van der Waals surface area contributed by atoms with E-state index in [2.05, 4.69) is 15.8 Å². The third-order valence-corrected chi connectivity index (χ3v) is 4.66. The van der Waals surface area contributed by atoms with Crippen LogP contribution in [0.2, 0.25) is 0 Å². The largest absolute Gasteiger partial charge is 0.493 e. The van der Waals surface area contributed by atoms with Gasteiger partial charge in [-0.05, 0) is 47.4 Å². The van der Waals surface area contributed by atoms with Gasteiger partial charge in [-0.15, -0.1) is 0 Å². The van der Waals surface area contributed by atoms with E-state index in [0.29, 0.717) is 29.4 Å². The van der Waals surface area contributed by atoms with Gasteiger partial charge in [0.1, 0.15) is 6.61 Å². The van der Waals surface area contributed by atoms with Crippen molar-refractivity contribution in [1.82, 2.24) is 5.43 Å². The normalized spacial score (nSPS) is 10.6. The van der Waals surface area contributed by atoms with Crippen LogP contribution in [0.4, 0.5) is 5.69 Å². The standard InChI is InChI=1S/C25H25N3O4/c1-3-20-11-7-8-12-21(20)27-24(29)25(30)28-26-16-19-13-14-22(23(15-19)31-2)32-17-18-9-5-4-6-10-18/h4-16H,3,17H2,1-2H3,(H,27,29)(H,28,30)/b26-16-. The molecule has 0 bridgehead atoms. The number of hydrazone groups is 1. The maximum Gasteiger partial charge on any atom is 0.329 e. The van der Waals surface area contributed by atoms with Crippen molar-refractivity contribution in [3.63, 3.8) is 0 Å². The van der Waals surface area contributed by atoms with Crippen LogP contribution in [0.25, 0.3) is 0 Å². The summed E-state index contributed by atoms with van der Waals surface area (Å²) in [6, 6.07) is 22.4. The summed E-state index contributed by atoms with van der Waals surface area (Å²) < 4.78 is 11.2. The highest BCUT2D eigenvalue weighted by Gasteiger charge is 2.14. The van der Waals surface area contributed by atoms with Crippen LogP contribution in [0.5, 0.6) is 11.5 Å². The highest BCUT2D eigenvalue weighted by molar-refractivity contribution is 6.39. The molecule has 0 atom stereocenters. The molecule has 32 heavy (non-hydrogen) atoms. The van der Waals surface area contributed by atoms with Gasteiger partial charge in [0.05, 0.1) is 13.3 Å². The van der Waals surface area contributed by atoms with Gasteiger partial charge in [-0.3, -0.25) is 9.59 Å². The number of carbonyl (C=O) groups excluding carboxylic acids is 2. The Kier molecular flexibility index (Phi) is 7.97. The molecular weight excluding hydrogens is 406 g/mol. The van der Waals surface area contributed by atoms with Crippen LogP contribution in [0, 0.1) is 0 Å². The number of methoxy groups -OCH3 is 1. The maximum atomic E-state index is 12.1. The van der Waals surface area contributed by atoms with Crippen LogP contribution in [0.1, 0.15) is 23.6 Å². The van der Waals surface area contributed by atoms with E-state index < -0.39 is 11.8 Å². The van der Waals surface area contributed by atoms with Gasteiger partial charge in [-0.1, -0.05) is 55.5 Å². The number of para-hydroxylation sites is 1. The Morgan fingerprint density at radius 1 is 0.938 bits per heavy atom. The number of ether oxygens (including phenoxy) is 2. The molecule has 164 valence electrons. The lowest BCUT2D eigenvalue weighted by Crippen LogP contribution is -2.32. The molecule has 0 saturated carbocycles. The molecule has 0 fully saturated rings. The first kappa shape index (κ1) is 22.6. The van der Waals surface area contributed by atoms with Gasteiger partial charge in [0.15, 0.2) is 11.5 Å². The minimum Gasteiger partial charge on any atom is -0.493 e. The molecule has 7 heteroatoms. The summed E-state index contributed by atoms with van der Waals surface area (Å²) in [5.74, 6) is -0.524. The fourth-order valence-corrected chi connectivity index (χ4v) is 2.96. The van der Waals surface area contributed by atoms with Crippen molar-refractivity contribution in [3.8, 4) is 11.5 Å². The molecule has 0 spiro atoms. The first-order valence-electron chi connectivity index (χ1n) is 10.2. The molecule has 0 saturated heterocycles. The minimum atomic E-state index is -0.859. The molecule has 0 aliphatic heterocycles. The Bertz CT molecular complexity index is 1100. The fourth-order valence-electron chi connectivity index (χ4n) is 2.96. The number of nitrogens with one attached hydrogen (secondary N) is 2. The lowest BCUT2D eigenvalue weighted by Gasteiger charge is -2.11. The molecule has 0 heterocycles.